The lowest BCUT2D eigenvalue weighted by atomic mass is 10.0. The zero-order chi connectivity index (χ0) is 24.0. The van der Waals surface area contributed by atoms with E-state index in [2.05, 4.69) is 0 Å². The van der Waals surface area contributed by atoms with Crippen molar-refractivity contribution in [1.29, 1.82) is 0 Å². The van der Waals surface area contributed by atoms with Crippen LogP contribution in [0.5, 0.6) is 0 Å². The molecule has 0 N–H and O–H groups in total. The summed E-state index contributed by atoms with van der Waals surface area (Å²) in [6, 6.07) is 12.2. The number of rotatable bonds is 6. The number of hydrogen-bond acceptors (Lipinski definition) is 4. The van der Waals surface area contributed by atoms with Gasteiger partial charge in [0.15, 0.2) is 11.6 Å². The number of aromatic nitrogens is 2. The maximum atomic E-state index is 13.2. The van der Waals surface area contributed by atoms with Crippen LogP contribution in [0.3, 0.4) is 0 Å². The van der Waals surface area contributed by atoms with E-state index in [0.29, 0.717) is 26.7 Å². The molecule has 33 heavy (non-hydrogen) atoms. The van der Waals surface area contributed by atoms with Crippen molar-refractivity contribution in [3.05, 3.63) is 68.4 Å². The van der Waals surface area contributed by atoms with E-state index in [9.17, 15) is 14.4 Å². The number of fused-ring (bicyclic) bond motifs is 3. The minimum atomic E-state index is -0.230. The van der Waals surface area contributed by atoms with Crippen molar-refractivity contribution in [2.75, 3.05) is 20.6 Å². The molecule has 4 rings (SSSR count). The number of aryl methyl sites for hydroxylation is 2. The Balaban J connectivity index is 1.90. The molecule has 4 aromatic rings. The highest BCUT2D eigenvalue weighted by atomic mass is 35.5. The molecule has 0 aliphatic carbocycles. The van der Waals surface area contributed by atoms with E-state index in [4.69, 9.17) is 23.2 Å². The summed E-state index contributed by atoms with van der Waals surface area (Å²) in [5.41, 5.74) is 2.89. The molecular weight excluding hydrogens is 461 g/mol. The summed E-state index contributed by atoms with van der Waals surface area (Å²) in [7, 11) is 7.17. The van der Waals surface area contributed by atoms with Gasteiger partial charge in [0.25, 0.3) is 5.56 Å². The molecule has 0 atom stereocenters. The van der Waals surface area contributed by atoms with Crippen molar-refractivity contribution in [1.82, 2.24) is 14.0 Å². The molecule has 0 saturated carbocycles. The lowest BCUT2D eigenvalue weighted by Crippen LogP contribution is -2.23. The van der Waals surface area contributed by atoms with E-state index in [1.54, 1.807) is 67.0 Å². The fourth-order valence-corrected chi connectivity index (χ4v) is 4.76. The number of likely N-dealkylation sites (N-methyl/N-ethyl adjacent to an activating group) is 1. The molecule has 0 amide bonds. The largest absolute Gasteiger partial charge is 0.330 e. The van der Waals surface area contributed by atoms with Crippen LogP contribution in [0.25, 0.3) is 33.1 Å². The average Bonchev–Trinajstić information content (AvgIpc) is 3.02. The van der Waals surface area contributed by atoms with Gasteiger partial charge < -0.3 is 9.47 Å². The highest BCUT2D eigenvalue weighted by Crippen LogP contribution is 2.34. The number of benzene rings is 2. The summed E-state index contributed by atoms with van der Waals surface area (Å²) < 4.78 is 3.50. The van der Waals surface area contributed by atoms with E-state index in [1.807, 2.05) is 17.7 Å². The van der Waals surface area contributed by atoms with Crippen LogP contribution in [0, 0.1) is 0 Å². The van der Waals surface area contributed by atoms with Crippen LogP contribution in [-0.2, 0) is 18.9 Å². The number of halogens is 2. The normalized spacial score (nSPS) is 11.6. The van der Waals surface area contributed by atoms with Crippen molar-refractivity contribution < 1.29 is 9.59 Å². The van der Waals surface area contributed by atoms with Gasteiger partial charge in [-0.1, -0.05) is 29.3 Å². The number of nitrogens with zero attached hydrogens (tertiary/aromatic N) is 3. The maximum absolute atomic E-state index is 13.2. The van der Waals surface area contributed by atoms with Crippen LogP contribution in [0.4, 0.5) is 0 Å². The first-order valence-corrected chi connectivity index (χ1v) is 11.1. The van der Waals surface area contributed by atoms with E-state index in [1.165, 1.54) is 0 Å². The minimum Gasteiger partial charge on any atom is -0.330 e. The van der Waals surface area contributed by atoms with Gasteiger partial charge in [0, 0.05) is 46.6 Å². The van der Waals surface area contributed by atoms with Crippen LogP contribution >= 0.6 is 23.2 Å². The minimum absolute atomic E-state index is 0.134. The van der Waals surface area contributed by atoms with Gasteiger partial charge in [-0.2, -0.15) is 0 Å². The fraction of sp³-hybridized carbons (Fsp3) is 0.240. The molecule has 0 spiro atoms. The third-order valence-electron chi connectivity index (χ3n) is 5.74. The maximum Gasteiger partial charge on any atom is 0.259 e. The molecule has 0 saturated heterocycles. The number of ketones is 2. The van der Waals surface area contributed by atoms with Crippen LogP contribution in [-0.4, -0.2) is 46.2 Å². The lowest BCUT2D eigenvalue weighted by Gasteiger charge is -2.09. The zero-order valence-electron chi connectivity index (χ0n) is 18.8. The quantitative estimate of drug-likeness (QED) is 0.294. The number of carbonyl (C=O) groups excluding carboxylic acids is 2. The molecule has 6 nitrogen and oxygen atoms in total. The summed E-state index contributed by atoms with van der Waals surface area (Å²) >= 11 is 12.4. The Morgan fingerprint density at radius 3 is 2.30 bits per heavy atom. The van der Waals surface area contributed by atoms with Crippen LogP contribution in [0.15, 0.2) is 47.3 Å². The second kappa shape index (κ2) is 8.78. The van der Waals surface area contributed by atoms with Crippen molar-refractivity contribution >= 4 is 56.7 Å². The highest BCUT2D eigenvalue weighted by molar-refractivity contribution is 6.36. The fourth-order valence-electron chi connectivity index (χ4n) is 4.25. The van der Waals surface area contributed by atoms with Crippen molar-refractivity contribution in [3.63, 3.8) is 0 Å². The van der Waals surface area contributed by atoms with Crippen molar-refractivity contribution in [3.8, 4) is 11.1 Å². The molecule has 0 aliphatic rings. The smallest absolute Gasteiger partial charge is 0.259 e. The van der Waals surface area contributed by atoms with E-state index >= 15 is 0 Å². The third kappa shape index (κ3) is 4.22. The molecule has 8 heteroatoms. The zero-order valence-corrected chi connectivity index (χ0v) is 20.3. The van der Waals surface area contributed by atoms with Gasteiger partial charge in [0.05, 0.1) is 23.5 Å². The summed E-state index contributed by atoms with van der Waals surface area (Å²) in [5, 5.41) is 2.50. The van der Waals surface area contributed by atoms with Gasteiger partial charge in [-0.25, -0.2) is 0 Å². The first-order valence-electron chi connectivity index (χ1n) is 10.4. The molecule has 2 heterocycles. The van der Waals surface area contributed by atoms with E-state index in [-0.39, 0.29) is 30.1 Å². The summed E-state index contributed by atoms with van der Waals surface area (Å²) in [4.78, 5) is 39.8. The van der Waals surface area contributed by atoms with E-state index < -0.39 is 0 Å². The Morgan fingerprint density at radius 1 is 0.909 bits per heavy atom. The molecule has 0 aliphatic heterocycles. The Kier molecular flexibility index (Phi) is 6.18. The molecule has 2 aromatic carbocycles. The predicted octanol–water partition coefficient (Wildman–Crippen LogP) is 4.71. The third-order valence-corrected chi connectivity index (χ3v) is 6.29. The van der Waals surface area contributed by atoms with Gasteiger partial charge in [-0.05, 0) is 50.5 Å². The molecule has 2 aromatic heterocycles. The molecule has 0 fully saturated rings. The van der Waals surface area contributed by atoms with E-state index in [0.717, 1.165) is 21.9 Å². The topological polar surface area (TPSA) is 64.3 Å². The second-order valence-corrected chi connectivity index (χ2v) is 9.29. The summed E-state index contributed by atoms with van der Waals surface area (Å²) in [6.07, 6.45) is -0.154. The van der Waals surface area contributed by atoms with Gasteiger partial charge in [-0.15, -0.1) is 0 Å². The van der Waals surface area contributed by atoms with Crippen LogP contribution in [0.1, 0.15) is 16.8 Å². The molecule has 0 unspecified atom stereocenters. The molecule has 0 bridgehead atoms. The Hall–Kier alpha value is -2.93. The average molecular weight is 484 g/mol. The highest BCUT2D eigenvalue weighted by Gasteiger charge is 2.19. The standard InChI is InChI=1S/C25H23Cl2N3O3/c1-28(2)13-16(31)11-23(32)14-5-8-22-18(9-14)19-12-20(17-7-6-15(26)10-21(17)27)25(33)30(4)24(19)29(22)3/h5-10,12H,11,13H2,1-4H3. The number of hydrogen-bond donors (Lipinski definition) is 0. The van der Waals surface area contributed by atoms with Gasteiger partial charge in [0.1, 0.15) is 5.65 Å². The number of Topliss-reactive ketones (excluding diaryl/α,β-unsaturated/α-hetero) is 2. The van der Waals surface area contributed by atoms with Crippen LogP contribution < -0.4 is 5.56 Å². The lowest BCUT2D eigenvalue weighted by molar-refractivity contribution is -0.118. The Labute approximate surface area is 200 Å². The number of carbonyl (C=O) groups is 2. The van der Waals surface area contributed by atoms with Gasteiger partial charge in [0.2, 0.25) is 0 Å². The predicted molar refractivity (Wildman–Crippen MR) is 134 cm³/mol. The number of pyridine rings is 1. The summed E-state index contributed by atoms with van der Waals surface area (Å²) in [5.74, 6) is -0.364. The SMILES string of the molecule is CN(C)CC(=O)CC(=O)c1ccc2c(c1)c1cc(-c3ccc(Cl)cc3Cl)c(=O)n(C)c1n2C. The van der Waals surface area contributed by atoms with Crippen LogP contribution in [0.2, 0.25) is 10.0 Å². The Bertz CT molecular complexity index is 1500. The Morgan fingerprint density at radius 2 is 1.64 bits per heavy atom. The van der Waals surface area contributed by atoms with Crippen molar-refractivity contribution in [2.24, 2.45) is 14.1 Å². The molecule has 0 radical (unpaired) electrons. The summed E-state index contributed by atoms with van der Waals surface area (Å²) in [6.45, 7) is 0.218. The first kappa shape index (κ1) is 23.2. The monoisotopic (exact) mass is 483 g/mol. The van der Waals surface area contributed by atoms with Gasteiger partial charge >= 0.3 is 0 Å². The second-order valence-electron chi connectivity index (χ2n) is 8.45. The van der Waals surface area contributed by atoms with Crippen molar-refractivity contribution in [2.45, 2.75) is 6.42 Å². The van der Waals surface area contributed by atoms with Gasteiger partial charge in [-0.3, -0.25) is 19.0 Å². The molecular formula is C25H23Cl2N3O3. The molecule has 170 valence electrons. The first-order chi connectivity index (χ1) is 15.6.